The number of benzene rings is 1. The Kier molecular flexibility index (Phi) is 5.55. The zero-order chi connectivity index (χ0) is 18.5. The van der Waals surface area contributed by atoms with Gasteiger partial charge in [0.1, 0.15) is 11.4 Å². The highest BCUT2D eigenvalue weighted by atomic mass is 16.5. The van der Waals surface area contributed by atoms with E-state index in [1.807, 2.05) is 18.2 Å². The van der Waals surface area contributed by atoms with Crippen LogP contribution in [-0.4, -0.2) is 35.8 Å². The molecule has 0 saturated heterocycles. The second kappa shape index (κ2) is 8.03. The van der Waals surface area contributed by atoms with Crippen LogP contribution >= 0.6 is 0 Å². The summed E-state index contributed by atoms with van der Waals surface area (Å²) in [6, 6.07) is 8.51. The molecule has 1 aromatic heterocycles. The molecule has 0 unspecified atom stereocenters. The Labute approximate surface area is 152 Å². The van der Waals surface area contributed by atoms with Gasteiger partial charge in [-0.25, -0.2) is 0 Å². The van der Waals surface area contributed by atoms with Crippen LogP contribution in [0.25, 0.3) is 0 Å². The molecule has 26 heavy (non-hydrogen) atoms. The van der Waals surface area contributed by atoms with E-state index in [2.05, 4.69) is 15.5 Å². The molecule has 0 spiro atoms. The number of amides is 1. The van der Waals surface area contributed by atoms with E-state index in [4.69, 9.17) is 9.47 Å². The van der Waals surface area contributed by atoms with E-state index >= 15 is 0 Å². The molecule has 0 bridgehead atoms. The van der Waals surface area contributed by atoms with Gasteiger partial charge in [0.25, 0.3) is 5.91 Å². The molecule has 3 rings (SSSR count). The van der Waals surface area contributed by atoms with Crippen molar-refractivity contribution >= 4 is 11.9 Å². The summed E-state index contributed by atoms with van der Waals surface area (Å²) in [6.07, 6.45) is 2.28. The Balaban J connectivity index is 1.76. The standard InChI is InChI=1S/C19H23N3O4/c1-3-26-18(23)11-15(13-5-4-6-14(9-13)25-2)20-19(24)17-10-16(21-22-17)12-7-8-12/h4-6,9-10,12,15H,3,7-8,11H2,1-2H3,(H,20,24)(H,21,22)/t15-/m0/s1. The number of aromatic amines is 1. The van der Waals surface area contributed by atoms with E-state index in [1.54, 1.807) is 26.2 Å². The lowest BCUT2D eigenvalue weighted by molar-refractivity contribution is -0.143. The monoisotopic (exact) mass is 357 g/mol. The molecule has 2 aromatic rings. The van der Waals surface area contributed by atoms with Crippen molar-refractivity contribution in [3.63, 3.8) is 0 Å². The summed E-state index contributed by atoms with van der Waals surface area (Å²) in [5, 5.41) is 9.90. The van der Waals surface area contributed by atoms with Gasteiger partial charge in [-0.15, -0.1) is 0 Å². The van der Waals surface area contributed by atoms with Gasteiger partial charge in [-0.05, 0) is 43.5 Å². The summed E-state index contributed by atoms with van der Waals surface area (Å²) in [7, 11) is 1.57. The van der Waals surface area contributed by atoms with Crippen LogP contribution in [0.4, 0.5) is 0 Å². The molecule has 1 heterocycles. The maximum atomic E-state index is 12.6. The summed E-state index contributed by atoms with van der Waals surface area (Å²) in [4.78, 5) is 24.6. The summed E-state index contributed by atoms with van der Waals surface area (Å²) in [6.45, 7) is 2.04. The zero-order valence-corrected chi connectivity index (χ0v) is 15.0. The highest BCUT2D eigenvalue weighted by molar-refractivity contribution is 5.93. The maximum absolute atomic E-state index is 12.6. The van der Waals surface area contributed by atoms with Crippen molar-refractivity contribution in [1.29, 1.82) is 0 Å². The number of nitrogens with one attached hydrogen (secondary N) is 2. The fourth-order valence-electron chi connectivity index (χ4n) is 2.79. The summed E-state index contributed by atoms with van der Waals surface area (Å²) in [5.41, 5.74) is 2.07. The van der Waals surface area contributed by atoms with E-state index < -0.39 is 6.04 Å². The Morgan fingerprint density at radius 1 is 1.35 bits per heavy atom. The molecule has 1 saturated carbocycles. The molecule has 1 amide bonds. The van der Waals surface area contributed by atoms with Gasteiger partial charge in [0, 0.05) is 11.6 Å². The topological polar surface area (TPSA) is 93.3 Å². The number of hydrogen-bond donors (Lipinski definition) is 2. The number of ether oxygens (including phenoxy) is 2. The van der Waals surface area contributed by atoms with E-state index in [9.17, 15) is 9.59 Å². The van der Waals surface area contributed by atoms with Crippen LogP contribution in [0.2, 0.25) is 0 Å². The third kappa shape index (κ3) is 4.41. The predicted molar refractivity (Wildman–Crippen MR) is 95.0 cm³/mol. The number of hydrogen-bond acceptors (Lipinski definition) is 5. The van der Waals surface area contributed by atoms with Crippen LogP contribution in [0.3, 0.4) is 0 Å². The lowest BCUT2D eigenvalue weighted by Gasteiger charge is -2.18. The van der Waals surface area contributed by atoms with Crippen LogP contribution in [-0.2, 0) is 9.53 Å². The Morgan fingerprint density at radius 3 is 2.85 bits per heavy atom. The first kappa shape index (κ1) is 18.0. The Hall–Kier alpha value is -2.83. The number of methoxy groups -OCH3 is 1. The number of aromatic nitrogens is 2. The number of carbonyl (C=O) groups is 2. The van der Waals surface area contributed by atoms with E-state index in [-0.39, 0.29) is 18.3 Å². The largest absolute Gasteiger partial charge is 0.497 e. The molecule has 1 aromatic carbocycles. The predicted octanol–water partition coefficient (Wildman–Crippen LogP) is 2.72. The second-order valence-electron chi connectivity index (χ2n) is 6.29. The number of H-pyrrole nitrogens is 1. The number of rotatable bonds is 8. The van der Waals surface area contributed by atoms with Gasteiger partial charge in [-0.1, -0.05) is 12.1 Å². The van der Waals surface area contributed by atoms with Gasteiger partial charge in [-0.2, -0.15) is 5.10 Å². The average Bonchev–Trinajstić information content (AvgIpc) is 3.38. The van der Waals surface area contributed by atoms with Crippen molar-refractivity contribution in [1.82, 2.24) is 15.5 Å². The molecule has 2 N–H and O–H groups in total. The molecule has 1 aliphatic carbocycles. The molecular formula is C19H23N3O4. The van der Waals surface area contributed by atoms with Gasteiger partial charge in [0.2, 0.25) is 0 Å². The van der Waals surface area contributed by atoms with Gasteiger partial charge in [0.05, 0.1) is 26.2 Å². The summed E-state index contributed by atoms with van der Waals surface area (Å²) < 4.78 is 10.3. The first-order valence-electron chi connectivity index (χ1n) is 8.76. The van der Waals surface area contributed by atoms with E-state index in [0.717, 1.165) is 24.1 Å². The van der Waals surface area contributed by atoms with Crippen molar-refractivity contribution in [3.8, 4) is 5.75 Å². The van der Waals surface area contributed by atoms with Crippen molar-refractivity contribution < 1.29 is 19.1 Å². The molecule has 7 heteroatoms. The molecular weight excluding hydrogens is 334 g/mol. The molecule has 1 atom stereocenters. The van der Waals surface area contributed by atoms with Gasteiger partial charge in [-0.3, -0.25) is 14.7 Å². The number of carbonyl (C=O) groups excluding carboxylic acids is 2. The SMILES string of the molecule is CCOC(=O)C[C@H](NC(=O)c1cc(C2CC2)[nH]n1)c1cccc(OC)c1. The van der Waals surface area contributed by atoms with Gasteiger partial charge >= 0.3 is 5.97 Å². The highest BCUT2D eigenvalue weighted by Crippen LogP contribution is 2.39. The van der Waals surface area contributed by atoms with Crippen LogP contribution in [0.5, 0.6) is 5.75 Å². The average molecular weight is 357 g/mol. The lowest BCUT2D eigenvalue weighted by atomic mass is 10.0. The Morgan fingerprint density at radius 2 is 2.15 bits per heavy atom. The van der Waals surface area contributed by atoms with Crippen LogP contribution in [0.15, 0.2) is 30.3 Å². The van der Waals surface area contributed by atoms with E-state index in [1.165, 1.54) is 0 Å². The third-order valence-electron chi connectivity index (χ3n) is 4.33. The fourth-order valence-corrected chi connectivity index (χ4v) is 2.79. The molecule has 0 aliphatic heterocycles. The number of nitrogens with zero attached hydrogens (tertiary/aromatic N) is 1. The minimum Gasteiger partial charge on any atom is -0.497 e. The van der Waals surface area contributed by atoms with Gasteiger partial charge in [0.15, 0.2) is 0 Å². The first-order valence-corrected chi connectivity index (χ1v) is 8.76. The maximum Gasteiger partial charge on any atom is 0.308 e. The smallest absolute Gasteiger partial charge is 0.308 e. The van der Waals surface area contributed by atoms with Crippen LogP contribution < -0.4 is 10.1 Å². The van der Waals surface area contributed by atoms with Gasteiger partial charge < -0.3 is 14.8 Å². The van der Waals surface area contributed by atoms with Crippen molar-refractivity contribution in [2.75, 3.05) is 13.7 Å². The molecule has 0 radical (unpaired) electrons. The summed E-state index contributed by atoms with van der Waals surface area (Å²) >= 11 is 0. The van der Waals surface area contributed by atoms with Crippen molar-refractivity contribution in [2.45, 2.75) is 38.1 Å². The van der Waals surface area contributed by atoms with E-state index in [0.29, 0.717) is 24.0 Å². The minimum absolute atomic E-state index is 0.0344. The van der Waals surface area contributed by atoms with Crippen molar-refractivity contribution in [2.24, 2.45) is 0 Å². The summed E-state index contributed by atoms with van der Waals surface area (Å²) in [5.74, 6) is 0.436. The number of esters is 1. The molecule has 1 fully saturated rings. The highest BCUT2D eigenvalue weighted by Gasteiger charge is 2.27. The quantitative estimate of drug-likeness (QED) is 0.709. The minimum atomic E-state index is -0.530. The third-order valence-corrected chi connectivity index (χ3v) is 4.33. The normalized spacial score (nSPS) is 14.5. The van der Waals surface area contributed by atoms with Crippen LogP contribution in [0, 0.1) is 0 Å². The molecule has 138 valence electrons. The van der Waals surface area contributed by atoms with Crippen molar-refractivity contribution in [3.05, 3.63) is 47.3 Å². The molecule has 7 nitrogen and oxygen atoms in total. The van der Waals surface area contributed by atoms with Crippen LogP contribution in [0.1, 0.15) is 59.9 Å². The first-order chi connectivity index (χ1) is 12.6. The Bertz CT molecular complexity index is 783. The second-order valence-corrected chi connectivity index (χ2v) is 6.29. The molecule has 1 aliphatic rings. The lowest BCUT2D eigenvalue weighted by Crippen LogP contribution is -2.31. The fraction of sp³-hybridized carbons (Fsp3) is 0.421. The zero-order valence-electron chi connectivity index (χ0n) is 15.0.